The molecule has 0 aromatic carbocycles. The molecule has 0 spiro atoms. The number of hydrogen-bond acceptors (Lipinski definition) is 4. The molecule has 2 N–H and O–H groups in total. The van der Waals surface area contributed by atoms with Gasteiger partial charge in [0, 0.05) is 17.4 Å². The van der Waals surface area contributed by atoms with Crippen molar-refractivity contribution in [3.8, 4) is 0 Å². The third-order valence-corrected chi connectivity index (χ3v) is 2.72. The van der Waals surface area contributed by atoms with Gasteiger partial charge in [-0.3, -0.25) is 0 Å². The van der Waals surface area contributed by atoms with Crippen LogP contribution in [-0.2, 0) is 9.53 Å². The van der Waals surface area contributed by atoms with Crippen molar-refractivity contribution in [3.05, 3.63) is 10.6 Å². The minimum Gasteiger partial charge on any atom is -0.465 e. The zero-order valence-corrected chi connectivity index (χ0v) is 7.40. The Morgan fingerprint density at radius 2 is 2.45 bits per heavy atom. The van der Waals surface area contributed by atoms with Crippen molar-refractivity contribution in [2.45, 2.75) is 18.6 Å². The minimum atomic E-state index is -0.308. The normalized spacial score (nSPS) is 24.0. The van der Waals surface area contributed by atoms with Crippen LogP contribution in [0, 0.1) is 0 Å². The van der Waals surface area contributed by atoms with Crippen LogP contribution in [0.5, 0.6) is 0 Å². The van der Waals surface area contributed by atoms with E-state index in [0.29, 0.717) is 15.9 Å². The molecule has 1 heterocycles. The molecule has 0 bridgehead atoms. The van der Waals surface area contributed by atoms with Gasteiger partial charge in [-0.1, -0.05) is 6.92 Å². The topological polar surface area (TPSA) is 52.3 Å². The summed E-state index contributed by atoms with van der Waals surface area (Å²) in [6.07, 6.45) is 0.787. The van der Waals surface area contributed by atoms with E-state index in [0.717, 1.165) is 6.42 Å². The highest BCUT2D eigenvalue weighted by Gasteiger charge is 2.25. The molecule has 3 nitrogen and oxygen atoms in total. The SMILES string of the molecule is COC(=O)C1=C(N)CC(C)S1. The van der Waals surface area contributed by atoms with Crippen LogP contribution in [-0.4, -0.2) is 18.3 Å². The molecular formula is C7H11NO2S. The first kappa shape index (κ1) is 8.46. The first-order chi connectivity index (χ1) is 5.15. The van der Waals surface area contributed by atoms with Crippen molar-refractivity contribution < 1.29 is 9.53 Å². The summed E-state index contributed by atoms with van der Waals surface area (Å²) in [7, 11) is 1.37. The van der Waals surface area contributed by atoms with Crippen molar-refractivity contribution in [1.29, 1.82) is 0 Å². The second-order valence-electron chi connectivity index (χ2n) is 2.48. The van der Waals surface area contributed by atoms with Crippen molar-refractivity contribution in [2.24, 2.45) is 5.73 Å². The second-order valence-corrected chi connectivity index (χ2v) is 3.93. The Hall–Kier alpha value is -0.640. The molecule has 1 aliphatic rings. The summed E-state index contributed by atoms with van der Waals surface area (Å²) in [5.41, 5.74) is 6.27. The zero-order chi connectivity index (χ0) is 8.43. The Balaban J connectivity index is 2.72. The Kier molecular flexibility index (Phi) is 2.44. The van der Waals surface area contributed by atoms with Crippen LogP contribution in [0.25, 0.3) is 0 Å². The molecule has 0 aromatic heterocycles. The fourth-order valence-corrected chi connectivity index (χ4v) is 2.07. The molecule has 1 rings (SSSR count). The van der Waals surface area contributed by atoms with Crippen LogP contribution in [0.3, 0.4) is 0 Å². The van der Waals surface area contributed by atoms with Gasteiger partial charge in [0.05, 0.1) is 7.11 Å². The van der Waals surface area contributed by atoms with Gasteiger partial charge in [-0.25, -0.2) is 4.79 Å². The van der Waals surface area contributed by atoms with Crippen molar-refractivity contribution in [2.75, 3.05) is 7.11 Å². The maximum Gasteiger partial charge on any atom is 0.346 e. The summed E-state index contributed by atoms with van der Waals surface area (Å²) in [5.74, 6) is -0.308. The summed E-state index contributed by atoms with van der Waals surface area (Å²) in [6, 6.07) is 0. The Morgan fingerprint density at radius 3 is 2.82 bits per heavy atom. The molecule has 1 atom stereocenters. The number of rotatable bonds is 1. The molecule has 0 fully saturated rings. The van der Waals surface area contributed by atoms with E-state index < -0.39 is 0 Å². The molecule has 1 unspecified atom stereocenters. The van der Waals surface area contributed by atoms with Crippen LogP contribution in [0.4, 0.5) is 0 Å². The molecule has 0 amide bonds. The number of hydrogen-bond donors (Lipinski definition) is 1. The highest BCUT2D eigenvalue weighted by Crippen LogP contribution is 2.35. The van der Waals surface area contributed by atoms with E-state index in [2.05, 4.69) is 4.74 Å². The first-order valence-corrected chi connectivity index (χ1v) is 4.26. The van der Waals surface area contributed by atoms with Gasteiger partial charge in [0.2, 0.25) is 0 Å². The van der Waals surface area contributed by atoms with E-state index in [4.69, 9.17) is 5.73 Å². The summed E-state index contributed by atoms with van der Waals surface area (Å²) < 4.78 is 4.56. The summed E-state index contributed by atoms with van der Waals surface area (Å²) >= 11 is 1.49. The lowest BCUT2D eigenvalue weighted by Gasteiger charge is -1.99. The number of ether oxygens (including phenoxy) is 1. The lowest BCUT2D eigenvalue weighted by atomic mass is 10.2. The third kappa shape index (κ3) is 1.68. The predicted octanol–water partition coefficient (Wildman–Crippen LogP) is 0.855. The van der Waals surface area contributed by atoms with Crippen LogP contribution >= 0.6 is 11.8 Å². The average molecular weight is 173 g/mol. The third-order valence-electron chi connectivity index (χ3n) is 1.49. The maximum absolute atomic E-state index is 11.0. The maximum atomic E-state index is 11.0. The van der Waals surface area contributed by atoms with Gasteiger partial charge in [-0.15, -0.1) is 11.8 Å². The largest absolute Gasteiger partial charge is 0.465 e. The average Bonchev–Trinajstić information content (AvgIpc) is 2.28. The van der Waals surface area contributed by atoms with E-state index in [-0.39, 0.29) is 5.97 Å². The van der Waals surface area contributed by atoms with E-state index in [1.807, 2.05) is 6.92 Å². The number of carbonyl (C=O) groups excluding carboxylic acids is 1. The molecule has 1 aliphatic heterocycles. The Bertz CT molecular complexity index is 212. The van der Waals surface area contributed by atoms with Crippen LogP contribution in [0.1, 0.15) is 13.3 Å². The summed E-state index contributed by atoms with van der Waals surface area (Å²) in [4.78, 5) is 11.6. The van der Waals surface area contributed by atoms with E-state index in [1.165, 1.54) is 18.9 Å². The molecule has 62 valence electrons. The molecule has 4 heteroatoms. The van der Waals surface area contributed by atoms with Crippen molar-refractivity contribution >= 4 is 17.7 Å². The van der Waals surface area contributed by atoms with Gasteiger partial charge in [0.1, 0.15) is 4.91 Å². The van der Waals surface area contributed by atoms with Gasteiger partial charge in [0.25, 0.3) is 0 Å². The molecule has 0 saturated carbocycles. The highest BCUT2D eigenvalue weighted by molar-refractivity contribution is 8.04. The van der Waals surface area contributed by atoms with Crippen LogP contribution in [0.2, 0.25) is 0 Å². The first-order valence-electron chi connectivity index (χ1n) is 3.38. The highest BCUT2D eigenvalue weighted by atomic mass is 32.2. The van der Waals surface area contributed by atoms with E-state index in [1.54, 1.807) is 0 Å². The minimum absolute atomic E-state index is 0.308. The molecule has 0 saturated heterocycles. The van der Waals surface area contributed by atoms with Crippen LogP contribution in [0.15, 0.2) is 10.6 Å². The number of methoxy groups -OCH3 is 1. The van der Waals surface area contributed by atoms with E-state index in [9.17, 15) is 4.79 Å². The lowest BCUT2D eigenvalue weighted by molar-refractivity contribution is -0.135. The van der Waals surface area contributed by atoms with Gasteiger partial charge in [-0.2, -0.15) is 0 Å². The van der Waals surface area contributed by atoms with Crippen molar-refractivity contribution in [1.82, 2.24) is 0 Å². The van der Waals surface area contributed by atoms with Gasteiger partial charge in [-0.05, 0) is 0 Å². The van der Waals surface area contributed by atoms with Crippen molar-refractivity contribution in [3.63, 3.8) is 0 Å². The van der Waals surface area contributed by atoms with Crippen LogP contribution < -0.4 is 5.73 Å². The fourth-order valence-electron chi connectivity index (χ4n) is 0.993. The molecule has 0 radical (unpaired) electrons. The second kappa shape index (κ2) is 3.17. The van der Waals surface area contributed by atoms with E-state index >= 15 is 0 Å². The van der Waals surface area contributed by atoms with Gasteiger partial charge in [0.15, 0.2) is 0 Å². The summed E-state index contributed by atoms with van der Waals surface area (Å²) in [5, 5.41) is 0.407. The standard InChI is InChI=1S/C7H11NO2S/c1-4-3-5(8)6(11-4)7(9)10-2/h4H,3,8H2,1-2H3. The predicted molar refractivity (Wildman–Crippen MR) is 44.9 cm³/mol. The molecular weight excluding hydrogens is 162 g/mol. The fraction of sp³-hybridized carbons (Fsp3) is 0.571. The summed E-state index contributed by atoms with van der Waals surface area (Å²) in [6.45, 7) is 2.04. The van der Waals surface area contributed by atoms with Gasteiger partial charge >= 0.3 is 5.97 Å². The number of esters is 1. The lowest BCUT2D eigenvalue weighted by Crippen LogP contribution is -2.06. The number of thioether (sulfide) groups is 1. The monoisotopic (exact) mass is 173 g/mol. The number of nitrogens with two attached hydrogens (primary N) is 1. The molecule has 0 aliphatic carbocycles. The number of carbonyl (C=O) groups is 1. The smallest absolute Gasteiger partial charge is 0.346 e. The Labute approximate surface area is 70.0 Å². The van der Waals surface area contributed by atoms with Gasteiger partial charge < -0.3 is 10.5 Å². The molecule has 11 heavy (non-hydrogen) atoms. The molecule has 0 aromatic rings. The quantitative estimate of drug-likeness (QED) is 0.597. The zero-order valence-electron chi connectivity index (χ0n) is 6.59. The Morgan fingerprint density at radius 1 is 1.82 bits per heavy atom. The number of allylic oxidation sites excluding steroid dienone is 1.